The predicted molar refractivity (Wildman–Crippen MR) is 62.9 cm³/mol. The van der Waals surface area contributed by atoms with Crippen molar-refractivity contribution in [1.82, 2.24) is 5.43 Å². The molecule has 1 unspecified atom stereocenters. The van der Waals surface area contributed by atoms with Crippen LogP contribution in [0.3, 0.4) is 0 Å². The quantitative estimate of drug-likeness (QED) is 0.392. The zero-order chi connectivity index (χ0) is 10.8. The van der Waals surface area contributed by atoms with Crippen molar-refractivity contribution in [2.45, 2.75) is 13.1 Å². The SMILES string of the molecule is Cc1ccc2cc(C(N)NN)ccc2c1. The van der Waals surface area contributed by atoms with Crippen molar-refractivity contribution in [2.24, 2.45) is 11.6 Å². The summed E-state index contributed by atoms with van der Waals surface area (Å²) in [6.07, 6.45) is -0.310. The summed E-state index contributed by atoms with van der Waals surface area (Å²) in [5, 5.41) is 2.41. The molecule has 15 heavy (non-hydrogen) atoms. The Hall–Kier alpha value is -1.42. The third-order valence-electron chi connectivity index (χ3n) is 2.56. The molecule has 2 rings (SSSR count). The van der Waals surface area contributed by atoms with E-state index in [1.165, 1.54) is 16.3 Å². The lowest BCUT2D eigenvalue weighted by atomic mass is 10.0. The number of benzene rings is 2. The molecule has 3 heteroatoms. The number of nitrogens with two attached hydrogens (primary N) is 2. The highest BCUT2D eigenvalue weighted by atomic mass is 15.3. The lowest BCUT2D eigenvalue weighted by molar-refractivity contribution is 0.577. The molecule has 0 bridgehead atoms. The molecule has 1 atom stereocenters. The lowest BCUT2D eigenvalue weighted by Crippen LogP contribution is -2.33. The number of nitrogens with one attached hydrogen (secondary N) is 1. The summed E-state index contributed by atoms with van der Waals surface area (Å²) in [5.74, 6) is 5.30. The van der Waals surface area contributed by atoms with Gasteiger partial charge in [0.05, 0.1) is 6.17 Å². The molecule has 2 aromatic carbocycles. The van der Waals surface area contributed by atoms with Crippen LogP contribution in [0.5, 0.6) is 0 Å². The fourth-order valence-corrected chi connectivity index (χ4v) is 1.67. The minimum Gasteiger partial charge on any atom is -0.311 e. The maximum Gasteiger partial charge on any atom is 0.0936 e. The summed E-state index contributed by atoms with van der Waals surface area (Å²) in [5.41, 5.74) is 10.6. The Morgan fingerprint density at radius 3 is 2.47 bits per heavy atom. The number of hydrogen-bond donors (Lipinski definition) is 3. The maximum absolute atomic E-state index is 5.78. The largest absolute Gasteiger partial charge is 0.311 e. The number of fused-ring (bicyclic) bond motifs is 1. The van der Waals surface area contributed by atoms with Gasteiger partial charge in [-0.15, -0.1) is 0 Å². The molecular weight excluding hydrogens is 186 g/mol. The summed E-state index contributed by atoms with van der Waals surface area (Å²) in [4.78, 5) is 0. The second-order valence-corrected chi connectivity index (χ2v) is 3.75. The minimum atomic E-state index is -0.310. The molecule has 0 aromatic heterocycles. The molecule has 0 radical (unpaired) electrons. The van der Waals surface area contributed by atoms with Crippen molar-refractivity contribution in [3.63, 3.8) is 0 Å². The van der Waals surface area contributed by atoms with Gasteiger partial charge in [0.1, 0.15) is 0 Å². The first-order chi connectivity index (χ1) is 7.20. The zero-order valence-corrected chi connectivity index (χ0v) is 8.70. The van der Waals surface area contributed by atoms with Crippen LogP contribution < -0.4 is 17.0 Å². The fraction of sp³-hybridized carbons (Fsp3) is 0.167. The van der Waals surface area contributed by atoms with Crippen molar-refractivity contribution in [3.05, 3.63) is 47.5 Å². The molecule has 0 heterocycles. The van der Waals surface area contributed by atoms with Crippen LogP contribution in [0.15, 0.2) is 36.4 Å². The fourth-order valence-electron chi connectivity index (χ4n) is 1.67. The number of hydrogen-bond acceptors (Lipinski definition) is 3. The molecular formula is C12H15N3. The van der Waals surface area contributed by atoms with Gasteiger partial charge >= 0.3 is 0 Å². The molecule has 0 fully saturated rings. The first kappa shape index (κ1) is 10.1. The predicted octanol–water partition coefficient (Wildman–Crippen LogP) is 1.57. The average molecular weight is 201 g/mol. The summed E-state index contributed by atoms with van der Waals surface area (Å²) in [6.45, 7) is 2.08. The monoisotopic (exact) mass is 201 g/mol. The minimum absolute atomic E-state index is 0.310. The van der Waals surface area contributed by atoms with Gasteiger partial charge in [-0.1, -0.05) is 35.9 Å². The van der Waals surface area contributed by atoms with Gasteiger partial charge in [-0.3, -0.25) is 5.84 Å². The average Bonchev–Trinajstić information content (AvgIpc) is 2.27. The Morgan fingerprint density at radius 2 is 1.73 bits per heavy atom. The summed E-state index contributed by atoms with van der Waals surface area (Å²) in [7, 11) is 0. The Kier molecular flexibility index (Phi) is 2.68. The maximum atomic E-state index is 5.78. The highest BCUT2D eigenvalue weighted by molar-refractivity contribution is 5.83. The van der Waals surface area contributed by atoms with Crippen LogP contribution in [0.2, 0.25) is 0 Å². The Bertz CT molecular complexity index is 479. The highest BCUT2D eigenvalue weighted by Gasteiger charge is 2.03. The molecule has 0 saturated heterocycles. The van der Waals surface area contributed by atoms with Gasteiger partial charge in [-0.2, -0.15) is 0 Å². The van der Waals surface area contributed by atoms with Crippen LogP contribution in [0.1, 0.15) is 17.3 Å². The van der Waals surface area contributed by atoms with Crippen molar-refractivity contribution < 1.29 is 0 Å². The highest BCUT2D eigenvalue weighted by Crippen LogP contribution is 2.19. The van der Waals surface area contributed by atoms with Crippen LogP contribution >= 0.6 is 0 Å². The van der Waals surface area contributed by atoms with Gasteiger partial charge in [0.15, 0.2) is 0 Å². The van der Waals surface area contributed by atoms with Crippen molar-refractivity contribution in [2.75, 3.05) is 0 Å². The smallest absolute Gasteiger partial charge is 0.0936 e. The van der Waals surface area contributed by atoms with Gasteiger partial charge in [0, 0.05) is 0 Å². The summed E-state index contributed by atoms with van der Waals surface area (Å²) < 4.78 is 0. The molecule has 78 valence electrons. The van der Waals surface area contributed by atoms with E-state index in [0.29, 0.717) is 0 Å². The van der Waals surface area contributed by atoms with E-state index in [9.17, 15) is 0 Å². The van der Waals surface area contributed by atoms with E-state index in [1.807, 2.05) is 6.07 Å². The topological polar surface area (TPSA) is 64.1 Å². The van der Waals surface area contributed by atoms with E-state index < -0.39 is 0 Å². The first-order valence-corrected chi connectivity index (χ1v) is 4.93. The van der Waals surface area contributed by atoms with E-state index in [-0.39, 0.29) is 6.17 Å². The van der Waals surface area contributed by atoms with E-state index in [2.05, 4.69) is 42.7 Å². The van der Waals surface area contributed by atoms with E-state index in [4.69, 9.17) is 11.6 Å². The second-order valence-electron chi connectivity index (χ2n) is 3.75. The molecule has 0 aliphatic heterocycles. The van der Waals surface area contributed by atoms with Crippen LogP contribution in [-0.4, -0.2) is 0 Å². The van der Waals surface area contributed by atoms with Gasteiger partial charge in [0.2, 0.25) is 0 Å². The Labute approximate surface area is 89.0 Å². The first-order valence-electron chi connectivity index (χ1n) is 4.93. The third kappa shape index (κ3) is 1.99. The van der Waals surface area contributed by atoms with Gasteiger partial charge in [-0.25, -0.2) is 5.43 Å². The number of aryl methyl sites for hydroxylation is 1. The van der Waals surface area contributed by atoms with Gasteiger partial charge in [0.25, 0.3) is 0 Å². The Morgan fingerprint density at radius 1 is 1.07 bits per heavy atom. The summed E-state index contributed by atoms with van der Waals surface area (Å²) in [6, 6.07) is 12.5. The molecule has 2 aromatic rings. The Balaban J connectivity index is 2.52. The molecule has 3 nitrogen and oxygen atoms in total. The molecule has 0 aliphatic carbocycles. The van der Waals surface area contributed by atoms with Crippen LogP contribution in [0.4, 0.5) is 0 Å². The van der Waals surface area contributed by atoms with Crippen LogP contribution in [0, 0.1) is 6.92 Å². The third-order valence-corrected chi connectivity index (χ3v) is 2.56. The van der Waals surface area contributed by atoms with Crippen molar-refractivity contribution in [3.8, 4) is 0 Å². The number of hydrazine groups is 1. The molecule has 0 spiro atoms. The number of rotatable bonds is 2. The van der Waals surface area contributed by atoms with E-state index >= 15 is 0 Å². The zero-order valence-electron chi connectivity index (χ0n) is 8.70. The molecule has 0 aliphatic rings. The molecule has 5 N–H and O–H groups in total. The lowest BCUT2D eigenvalue weighted by Gasteiger charge is -2.11. The molecule has 0 saturated carbocycles. The van der Waals surface area contributed by atoms with E-state index in [0.717, 1.165) is 5.56 Å². The van der Waals surface area contributed by atoms with Gasteiger partial charge in [-0.05, 0) is 29.3 Å². The van der Waals surface area contributed by atoms with Crippen LogP contribution in [0.25, 0.3) is 10.8 Å². The molecule has 0 amide bonds. The van der Waals surface area contributed by atoms with Crippen molar-refractivity contribution >= 4 is 10.8 Å². The van der Waals surface area contributed by atoms with Gasteiger partial charge < -0.3 is 5.73 Å². The van der Waals surface area contributed by atoms with Crippen LogP contribution in [-0.2, 0) is 0 Å². The standard InChI is InChI=1S/C12H15N3/c1-8-2-3-10-7-11(12(13)15-14)5-4-9(10)6-8/h2-7,12,15H,13-14H2,1H3. The summed E-state index contributed by atoms with van der Waals surface area (Å²) >= 11 is 0. The van der Waals surface area contributed by atoms with Crippen molar-refractivity contribution in [1.29, 1.82) is 0 Å². The normalized spacial score (nSPS) is 13.0. The second kappa shape index (κ2) is 3.98. The van der Waals surface area contributed by atoms with E-state index in [1.54, 1.807) is 0 Å².